The van der Waals surface area contributed by atoms with Crippen molar-refractivity contribution in [2.24, 2.45) is 0 Å². The molecule has 2 aromatic carbocycles. The van der Waals surface area contributed by atoms with E-state index in [1.807, 2.05) is 0 Å². The highest BCUT2D eigenvalue weighted by atomic mass is 16.3. The average Bonchev–Trinajstić information content (AvgIpc) is 2.97. The van der Waals surface area contributed by atoms with E-state index < -0.39 is 0 Å². The summed E-state index contributed by atoms with van der Waals surface area (Å²) < 4.78 is 0. The first-order valence-electron chi connectivity index (χ1n) is 7.90. The van der Waals surface area contributed by atoms with Crippen LogP contribution >= 0.6 is 0 Å². The maximum atomic E-state index is 11.9. The molecular formula is C19H21NO2. The Balaban J connectivity index is 1.46. The monoisotopic (exact) mass is 295 g/mol. The van der Waals surface area contributed by atoms with Crippen molar-refractivity contribution in [2.75, 3.05) is 5.32 Å². The highest BCUT2D eigenvalue weighted by molar-refractivity contribution is 5.90. The third-order valence-electron chi connectivity index (χ3n) is 4.18. The maximum Gasteiger partial charge on any atom is 0.224 e. The van der Waals surface area contributed by atoms with Crippen molar-refractivity contribution in [3.63, 3.8) is 0 Å². The topological polar surface area (TPSA) is 49.3 Å². The van der Waals surface area contributed by atoms with E-state index in [2.05, 4.69) is 23.5 Å². The van der Waals surface area contributed by atoms with Crippen LogP contribution in [0.25, 0.3) is 0 Å². The molecular weight excluding hydrogens is 274 g/mol. The first kappa shape index (κ1) is 14.6. The Labute approximate surface area is 131 Å². The lowest BCUT2D eigenvalue weighted by atomic mass is 10.0. The van der Waals surface area contributed by atoms with E-state index >= 15 is 0 Å². The number of nitrogens with one attached hydrogen (secondary N) is 1. The number of phenols is 1. The minimum Gasteiger partial charge on any atom is -0.508 e. The summed E-state index contributed by atoms with van der Waals surface area (Å²) in [6.07, 6.45) is 5.99. The van der Waals surface area contributed by atoms with Gasteiger partial charge in [-0.2, -0.15) is 0 Å². The molecule has 0 aliphatic heterocycles. The van der Waals surface area contributed by atoms with Crippen LogP contribution in [-0.2, 0) is 24.1 Å². The van der Waals surface area contributed by atoms with Crippen LogP contribution in [0.4, 0.5) is 5.69 Å². The predicted octanol–water partition coefficient (Wildman–Crippen LogP) is 3.84. The van der Waals surface area contributed by atoms with Crippen molar-refractivity contribution in [3.8, 4) is 5.75 Å². The molecule has 3 rings (SSSR count). The van der Waals surface area contributed by atoms with Crippen LogP contribution in [-0.4, -0.2) is 11.0 Å². The van der Waals surface area contributed by atoms with Crippen molar-refractivity contribution in [1.29, 1.82) is 0 Å². The standard InChI is InChI=1S/C19H21NO2/c21-18-11-9-17(10-12-18)20-19(22)6-1-3-14-7-8-15-4-2-5-16(15)13-14/h7-13,21H,1-6H2,(H,20,22). The Hall–Kier alpha value is -2.29. The molecule has 0 spiro atoms. The summed E-state index contributed by atoms with van der Waals surface area (Å²) in [7, 11) is 0. The van der Waals surface area contributed by atoms with E-state index in [4.69, 9.17) is 0 Å². The van der Waals surface area contributed by atoms with Gasteiger partial charge >= 0.3 is 0 Å². The molecule has 2 N–H and O–H groups in total. The van der Waals surface area contributed by atoms with Crippen LogP contribution in [0.15, 0.2) is 42.5 Å². The summed E-state index contributed by atoms with van der Waals surface area (Å²) >= 11 is 0. The first-order chi connectivity index (χ1) is 10.7. The predicted molar refractivity (Wildman–Crippen MR) is 88.1 cm³/mol. The third-order valence-corrected chi connectivity index (χ3v) is 4.18. The molecule has 1 aliphatic carbocycles. The van der Waals surface area contributed by atoms with Gasteiger partial charge in [0, 0.05) is 12.1 Å². The Morgan fingerprint density at radius 2 is 1.82 bits per heavy atom. The zero-order valence-corrected chi connectivity index (χ0v) is 12.6. The largest absolute Gasteiger partial charge is 0.508 e. The quantitative estimate of drug-likeness (QED) is 0.823. The molecule has 0 atom stereocenters. The lowest BCUT2D eigenvalue weighted by Crippen LogP contribution is -2.11. The Kier molecular flexibility index (Phi) is 4.42. The fraction of sp³-hybridized carbons (Fsp3) is 0.316. The van der Waals surface area contributed by atoms with Gasteiger partial charge in [-0.05, 0) is 73.1 Å². The van der Waals surface area contributed by atoms with Gasteiger partial charge in [0.1, 0.15) is 5.75 Å². The van der Waals surface area contributed by atoms with Gasteiger partial charge in [-0.15, -0.1) is 0 Å². The van der Waals surface area contributed by atoms with Crippen molar-refractivity contribution < 1.29 is 9.90 Å². The maximum absolute atomic E-state index is 11.9. The summed E-state index contributed by atoms with van der Waals surface area (Å²) in [5.41, 5.74) is 5.04. The molecule has 0 saturated carbocycles. The molecule has 114 valence electrons. The number of aryl methyl sites for hydroxylation is 3. The molecule has 1 amide bonds. The van der Waals surface area contributed by atoms with Crippen LogP contribution in [0.5, 0.6) is 5.75 Å². The second kappa shape index (κ2) is 6.65. The van der Waals surface area contributed by atoms with Crippen LogP contribution in [0.2, 0.25) is 0 Å². The van der Waals surface area contributed by atoms with Crippen molar-refractivity contribution in [3.05, 3.63) is 59.2 Å². The van der Waals surface area contributed by atoms with Crippen LogP contribution in [0.1, 0.15) is 36.0 Å². The number of carbonyl (C=O) groups is 1. The number of hydrogen-bond donors (Lipinski definition) is 2. The van der Waals surface area contributed by atoms with E-state index in [-0.39, 0.29) is 11.7 Å². The highest BCUT2D eigenvalue weighted by Gasteiger charge is 2.11. The summed E-state index contributed by atoms with van der Waals surface area (Å²) in [5.74, 6) is 0.224. The van der Waals surface area contributed by atoms with E-state index in [0.29, 0.717) is 6.42 Å². The molecule has 0 fully saturated rings. The van der Waals surface area contributed by atoms with Gasteiger partial charge in [-0.1, -0.05) is 18.2 Å². The zero-order valence-electron chi connectivity index (χ0n) is 12.6. The number of phenolic OH excluding ortho intramolecular Hbond substituents is 1. The number of benzene rings is 2. The fourth-order valence-electron chi connectivity index (χ4n) is 3.00. The Morgan fingerprint density at radius 1 is 1.05 bits per heavy atom. The van der Waals surface area contributed by atoms with Crippen LogP contribution < -0.4 is 5.32 Å². The molecule has 1 aliphatic rings. The third kappa shape index (κ3) is 3.67. The Morgan fingerprint density at radius 3 is 2.64 bits per heavy atom. The van der Waals surface area contributed by atoms with Gasteiger partial charge in [0.05, 0.1) is 0 Å². The molecule has 3 nitrogen and oxygen atoms in total. The highest BCUT2D eigenvalue weighted by Crippen LogP contribution is 2.23. The van der Waals surface area contributed by atoms with E-state index in [1.165, 1.54) is 36.0 Å². The fourth-order valence-corrected chi connectivity index (χ4v) is 3.00. The number of anilines is 1. The smallest absolute Gasteiger partial charge is 0.224 e. The summed E-state index contributed by atoms with van der Waals surface area (Å²) in [4.78, 5) is 11.9. The van der Waals surface area contributed by atoms with E-state index in [9.17, 15) is 9.90 Å². The Bertz CT molecular complexity index is 662. The van der Waals surface area contributed by atoms with Gasteiger partial charge in [0.15, 0.2) is 0 Å². The molecule has 0 saturated heterocycles. The number of fused-ring (bicyclic) bond motifs is 1. The van der Waals surface area contributed by atoms with Gasteiger partial charge in [-0.25, -0.2) is 0 Å². The number of rotatable bonds is 5. The lowest BCUT2D eigenvalue weighted by molar-refractivity contribution is -0.116. The van der Waals surface area contributed by atoms with Crippen molar-refractivity contribution in [1.82, 2.24) is 0 Å². The summed E-state index contributed by atoms with van der Waals surface area (Å²) in [5, 5.41) is 12.1. The second-order valence-electron chi connectivity index (χ2n) is 5.91. The van der Waals surface area contributed by atoms with Crippen molar-refractivity contribution in [2.45, 2.75) is 38.5 Å². The number of amides is 1. The SMILES string of the molecule is O=C(CCCc1ccc2c(c1)CCC2)Nc1ccc(O)cc1. The minimum absolute atomic E-state index is 0.0202. The van der Waals surface area contributed by atoms with Crippen molar-refractivity contribution >= 4 is 11.6 Å². The second-order valence-corrected chi connectivity index (χ2v) is 5.91. The van der Waals surface area contributed by atoms with E-state index in [1.54, 1.807) is 24.3 Å². The summed E-state index contributed by atoms with van der Waals surface area (Å²) in [6.45, 7) is 0. The van der Waals surface area contributed by atoms with Crippen LogP contribution in [0.3, 0.4) is 0 Å². The number of carbonyl (C=O) groups excluding carboxylic acids is 1. The minimum atomic E-state index is 0.0202. The molecule has 0 aromatic heterocycles. The van der Waals surface area contributed by atoms with E-state index in [0.717, 1.165) is 18.5 Å². The zero-order chi connectivity index (χ0) is 15.4. The van der Waals surface area contributed by atoms with Gasteiger partial charge in [0.2, 0.25) is 5.91 Å². The average molecular weight is 295 g/mol. The number of hydrogen-bond acceptors (Lipinski definition) is 2. The number of aromatic hydroxyl groups is 1. The molecule has 3 heteroatoms. The van der Waals surface area contributed by atoms with Gasteiger partial charge in [-0.3, -0.25) is 4.79 Å². The summed E-state index contributed by atoms with van der Waals surface area (Å²) in [6, 6.07) is 13.3. The molecule has 0 radical (unpaired) electrons. The molecule has 22 heavy (non-hydrogen) atoms. The normalized spacial score (nSPS) is 12.9. The van der Waals surface area contributed by atoms with Gasteiger partial charge < -0.3 is 10.4 Å². The molecule has 2 aromatic rings. The first-order valence-corrected chi connectivity index (χ1v) is 7.90. The van der Waals surface area contributed by atoms with Crippen LogP contribution in [0, 0.1) is 0 Å². The lowest BCUT2D eigenvalue weighted by Gasteiger charge is -2.07. The molecule has 0 heterocycles. The molecule has 0 bridgehead atoms. The molecule has 0 unspecified atom stereocenters. The van der Waals surface area contributed by atoms with Gasteiger partial charge in [0.25, 0.3) is 0 Å².